The molecule has 0 saturated heterocycles. The highest BCUT2D eigenvalue weighted by Gasteiger charge is 2.17. The summed E-state index contributed by atoms with van der Waals surface area (Å²) in [5.41, 5.74) is 6.26. The Morgan fingerprint density at radius 3 is 2.40 bits per heavy atom. The van der Waals surface area contributed by atoms with Crippen LogP contribution in [-0.2, 0) is 0 Å². The molecule has 0 heterocycles. The van der Waals surface area contributed by atoms with E-state index in [2.05, 4.69) is 0 Å². The Morgan fingerprint density at radius 1 is 1.20 bits per heavy atom. The van der Waals surface area contributed by atoms with Crippen LogP contribution in [0.15, 0.2) is 52.3 Å². The molecule has 0 aliphatic rings. The van der Waals surface area contributed by atoms with Gasteiger partial charge < -0.3 is 5.73 Å². The monoisotopic (exact) mass is 288 g/mol. The summed E-state index contributed by atoms with van der Waals surface area (Å²) in [7, 11) is 0. The third-order valence-electron chi connectivity index (χ3n) is 2.69. The number of hydrogen-bond donors (Lipinski definition) is 1. The van der Waals surface area contributed by atoms with Gasteiger partial charge in [-0.3, -0.25) is 14.9 Å². The number of carbonyl (C=O) groups excluding carboxylic acids is 1. The summed E-state index contributed by atoms with van der Waals surface area (Å²) in [4.78, 5) is 23.0. The quantitative estimate of drug-likeness (QED) is 0.691. The molecule has 2 rings (SSSR count). The molecular formula is C14H12N2O3S. The molecule has 102 valence electrons. The average molecular weight is 288 g/mol. The molecular weight excluding hydrogens is 276 g/mol. The van der Waals surface area contributed by atoms with Crippen molar-refractivity contribution in [3.8, 4) is 0 Å². The SMILES string of the molecule is Cc1ccc(Sc2ccc(C(N)=O)cc2[N+](=O)[O-])cc1. The Labute approximate surface area is 119 Å². The normalized spacial score (nSPS) is 10.2. The maximum absolute atomic E-state index is 11.1. The van der Waals surface area contributed by atoms with Crippen molar-refractivity contribution >= 4 is 23.4 Å². The number of hydrogen-bond acceptors (Lipinski definition) is 4. The second-order valence-corrected chi connectivity index (χ2v) is 5.33. The van der Waals surface area contributed by atoms with Crippen molar-refractivity contribution in [2.75, 3.05) is 0 Å². The molecule has 0 bridgehead atoms. The second-order valence-electron chi connectivity index (χ2n) is 4.22. The number of primary amides is 1. The van der Waals surface area contributed by atoms with Crippen LogP contribution in [0, 0.1) is 17.0 Å². The third kappa shape index (κ3) is 3.16. The largest absolute Gasteiger partial charge is 0.366 e. The van der Waals surface area contributed by atoms with Crippen molar-refractivity contribution < 1.29 is 9.72 Å². The Kier molecular flexibility index (Phi) is 4.05. The van der Waals surface area contributed by atoms with E-state index in [0.29, 0.717) is 4.90 Å². The van der Waals surface area contributed by atoms with E-state index in [1.807, 2.05) is 31.2 Å². The van der Waals surface area contributed by atoms with Crippen LogP contribution in [0.4, 0.5) is 5.69 Å². The van der Waals surface area contributed by atoms with Crippen LogP contribution in [0.3, 0.4) is 0 Å². The van der Waals surface area contributed by atoms with Gasteiger partial charge in [0.25, 0.3) is 5.69 Å². The lowest BCUT2D eigenvalue weighted by atomic mass is 10.2. The van der Waals surface area contributed by atoms with Gasteiger partial charge in [-0.1, -0.05) is 29.5 Å². The van der Waals surface area contributed by atoms with Gasteiger partial charge >= 0.3 is 0 Å². The molecule has 0 aromatic heterocycles. The number of carbonyl (C=O) groups is 1. The zero-order valence-corrected chi connectivity index (χ0v) is 11.5. The van der Waals surface area contributed by atoms with E-state index in [-0.39, 0.29) is 11.3 Å². The summed E-state index contributed by atoms with van der Waals surface area (Å²) in [6.07, 6.45) is 0. The predicted octanol–water partition coefficient (Wildman–Crippen LogP) is 3.15. The van der Waals surface area contributed by atoms with Crippen molar-refractivity contribution in [1.29, 1.82) is 0 Å². The lowest BCUT2D eigenvalue weighted by molar-refractivity contribution is -0.387. The number of aryl methyl sites for hydroxylation is 1. The Morgan fingerprint density at radius 2 is 1.85 bits per heavy atom. The fraction of sp³-hybridized carbons (Fsp3) is 0.0714. The molecule has 2 aromatic carbocycles. The van der Waals surface area contributed by atoms with E-state index >= 15 is 0 Å². The van der Waals surface area contributed by atoms with Gasteiger partial charge in [-0.25, -0.2) is 0 Å². The van der Waals surface area contributed by atoms with Gasteiger partial charge in [0.1, 0.15) is 0 Å². The minimum atomic E-state index is -0.681. The summed E-state index contributed by atoms with van der Waals surface area (Å²) in [6, 6.07) is 11.9. The maximum Gasteiger partial charge on any atom is 0.284 e. The van der Waals surface area contributed by atoms with E-state index in [1.54, 1.807) is 6.07 Å². The van der Waals surface area contributed by atoms with Crippen LogP contribution in [0.2, 0.25) is 0 Å². The van der Waals surface area contributed by atoms with E-state index in [9.17, 15) is 14.9 Å². The maximum atomic E-state index is 11.1. The Bertz CT molecular complexity index is 669. The lowest BCUT2D eigenvalue weighted by Crippen LogP contribution is -2.11. The molecule has 0 saturated carbocycles. The number of nitro groups is 1. The summed E-state index contributed by atoms with van der Waals surface area (Å²) >= 11 is 1.28. The smallest absolute Gasteiger partial charge is 0.284 e. The second kappa shape index (κ2) is 5.75. The zero-order valence-electron chi connectivity index (χ0n) is 10.7. The first-order valence-electron chi connectivity index (χ1n) is 5.80. The summed E-state index contributed by atoms with van der Waals surface area (Å²) in [5.74, 6) is -0.681. The average Bonchev–Trinajstić information content (AvgIpc) is 2.41. The van der Waals surface area contributed by atoms with Gasteiger partial charge in [-0.15, -0.1) is 0 Å². The summed E-state index contributed by atoms with van der Waals surface area (Å²) < 4.78 is 0. The van der Waals surface area contributed by atoms with E-state index in [1.165, 1.54) is 23.9 Å². The molecule has 0 fully saturated rings. The molecule has 0 atom stereocenters. The highest BCUT2D eigenvalue weighted by atomic mass is 32.2. The first-order chi connectivity index (χ1) is 9.47. The van der Waals surface area contributed by atoms with Crippen LogP contribution in [-0.4, -0.2) is 10.8 Å². The van der Waals surface area contributed by atoms with Crippen molar-refractivity contribution in [3.63, 3.8) is 0 Å². The van der Waals surface area contributed by atoms with Gasteiger partial charge in [0, 0.05) is 16.5 Å². The first kappa shape index (κ1) is 14.1. The number of nitrogens with two attached hydrogens (primary N) is 1. The number of nitro benzene ring substituents is 1. The minimum absolute atomic E-state index is 0.119. The van der Waals surface area contributed by atoms with Crippen LogP contribution < -0.4 is 5.73 Å². The fourth-order valence-electron chi connectivity index (χ4n) is 1.63. The Balaban J connectivity index is 2.38. The zero-order chi connectivity index (χ0) is 14.7. The number of benzene rings is 2. The summed E-state index contributed by atoms with van der Waals surface area (Å²) in [6.45, 7) is 1.97. The van der Waals surface area contributed by atoms with Crippen LogP contribution in [0.1, 0.15) is 15.9 Å². The van der Waals surface area contributed by atoms with Crippen LogP contribution >= 0.6 is 11.8 Å². The fourth-order valence-corrected chi connectivity index (χ4v) is 2.53. The molecule has 0 radical (unpaired) electrons. The third-order valence-corrected chi connectivity index (χ3v) is 3.76. The van der Waals surface area contributed by atoms with Crippen molar-refractivity contribution in [1.82, 2.24) is 0 Å². The molecule has 0 aliphatic heterocycles. The lowest BCUT2D eigenvalue weighted by Gasteiger charge is -2.05. The van der Waals surface area contributed by atoms with Gasteiger partial charge in [-0.05, 0) is 31.2 Å². The molecule has 0 unspecified atom stereocenters. The number of rotatable bonds is 4. The van der Waals surface area contributed by atoms with Gasteiger partial charge in [-0.2, -0.15) is 0 Å². The molecule has 5 nitrogen and oxygen atoms in total. The standard InChI is InChI=1S/C14H12N2O3S/c1-9-2-5-11(6-3-9)20-13-7-4-10(14(15)17)8-12(13)16(18)19/h2-8H,1H3,(H2,15,17). The topological polar surface area (TPSA) is 86.2 Å². The highest BCUT2D eigenvalue weighted by Crippen LogP contribution is 2.35. The molecule has 2 N–H and O–H groups in total. The van der Waals surface area contributed by atoms with Gasteiger partial charge in [0.05, 0.1) is 9.82 Å². The van der Waals surface area contributed by atoms with Gasteiger partial charge in [0.2, 0.25) is 5.91 Å². The molecule has 0 spiro atoms. The number of nitrogens with zero attached hydrogens (tertiary/aromatic N) is 1. The molecule has 0 aliphatic carbocycles. The Hall–Kier alpha value is -2.34. The summed E-state index contributed by atoms with van der Waals surface area (Å²) in [5, 5.41) is 11.1. The van der Waals surface area contributed by atoms with E-state index in [4.69, 9.17) is 5.73 Å². The first-order valence-corrected chi connectivity index (χ1v) is 6.62. The van der Waals surface area contributed by atoms with Crippen molar-refractivity contribution in [3.05, 3.63) is 63.7 Å². The highest BCUT2D eigenvalue weighted by molar-refractivity contribution is 7.99. The predicted molar refractivity (Wildman–Crippen MR) is 76.9 cm³/mol. The van der Waals surface area contributed by atoms with Crippen molar-refractivity contribution in [2.24, 2.45) is 5.73 Å². The van der Waals surface area contributed by atoms with Gasteiger partial charge in [0.15, 0.2) is 0 Å². The number of amides is 1. The van der Waals surface area contributed by atoms with E-state index in [0.717, 1.165) is 10.5 Å². The van der Waals surface area contributed by atoms with Crippen LogP contribution in [0.25, 0.3) is 0 Å². The van der Waals surface area contributed by atoms with Crippen LogP contribution in [0.5, 0.6) is 0 Å². The molecule has 1 amide bonds. The van der Waals surface area contributed by atoms with Crippen molar-refractivity contribution in [2.45, 2.75) is 16.7 Å². The molecule has 20 heavy (non-hydrogen) atoms. The minimum Gasteiger partial charge on any atom is -0.366 e. The van der Waals surface area contributed by atoms with E-state index < -0.39 is 10.8 Å². The molecule has 6 heteroatoms. The molecule has 2 aromatic rings.